The minimum absolute atomic E-state index is 0.228. The van der Waals surface area contributed by atoms with E-state index in [4.69, 9.17) is 21.1 Å². The molecule has 7 nitrogen and oxygen atoms in total. The summed E-state index contributed by atoms with van der Waals surface area (Å²) in [6.07, 6.45) is 3.22. The summed E-state index contributed by atoms with van der Waals surface area (Å²) in [6, 6.07) is 11.8. The van der Waals surface area contributed by atoms with Gasteiger partial charge in [0.15, 0.2) is 0 Å². The average Bonchev–Trinajstić information content (AvgIpc) is 3.00. The van der Waals surface area contributed by atoms with Gasteiger partial charge in [0.1, 0.15) is 24.7 Å². The molecule has 2 aromatic carbocycles. The minimum Gasteiger partial charge on any atom is -0.495 e. The van der Waals surface area contributed by atoms with E-state index in [1.54, 1.807) is 48.6 Å². The third kappa shape index (κ3) is 5.68. The van der Waals surface area contributed by atoms with Crippen molar-refractivity contribution >= 4 is 52.2 Å². The number of imide groups is 1. The molecule has 160 valence electrons. The first-order chi connectivity index (χ1) is 14.9. The Morgan fingerprint density at radius 2 is 2.06 bits per heavy atom. The second-order valence-electron chi connectivity index (χ2n) is 6.34. The molecular weight excluding hydrogens is 440 g/mol. The standard InChI is InChI=1S/C22H19ClN2O5S/c1-3-9-30-16-6-4-5-14(10-16)11-19-21(27)25(22(28)31-19)13-20(26)24-15-7-8-18(29-2)17(23)12-15/h3-8,10-12H,1,9,13H2,2H3,(H,24,26)/b19-11+. The number of benzene rings is 2. The molecule has 1 aliphatic rings. The molecule has 0 unspecified atom stereocenters. The van der Waals surface area contributed by atoms with Crippen LogP contribution in [0.2, 0.25) is 5.02 Å². The molecule has 1 saturated heterocycles. The number of nitrogens with one attached hydrogen (secondary N) is 1. The zero-order chi connectivity index (χ0) is 22.4. The Morgan fingerprint density at radius 3 is 2.77 bits per heavy atom. The second-order valence-corrected chi connectivity index (χ2v) is 7.74. The summed E-state index contributed by atoms with van der Waals surface area (Å²) in [6.45, 7) is 3.54. The summed E-state index contributed by atoms with van der Waals surface area (Å²) in [4.78, 5) is 38.4. The first-order valence-electron chi connectivity index (χ1n) is 9.14. The van der Waals surface area contributed by atoms with E-state index in [-0.39, 0.29) is 4.91 Å². The highest BCUT2D eigenvalue weighted by molar-refractivity contribution is 8.18. The number of hydrogen-bond donors (Lipinski definition) is 1. The highest BCUT2D eigenvalue weighted by Crippen LogP contribution is 2.33. The maximum Gasteiger partial charge on any atom is 0.294 e. The third-order valence-corrected chi connectivity index (χ3v) is 5.34. The second kappa shape index (κ2) is 10.2. The van der Waals surface area contributed by atoms with E-state index < -0.39 is 23.6 Å². The minimum atomic E-state index is -0.532. The topological polar surface area (TPSA) is 84.9 Å². The van der Waals surface area contributed by atoms with E-state index in [1.165, 1.54) is 13.2 Å². The number of thioether (sulfide) groups is 1. The van der Waals surface area contributed by atoms with E-state index in [0.717, 1.165) is 16.7 Å². The van der Waals surface area contributed by atoms with Crippen molar-refractivity contribution in [2.45, 2.75) is 0 Å². The predicted octanol–water partition coefficient (Wildman–Crippen LogP) is 4.59. The summed E-state index contributed by atoms with van der Waals surface area (Å²) in [5.74, 6) is 0.0278. The van der Waals surface area contributed by atoms with Gasteiger partial charge in [-0.25, -0.2) is 0 Å². The van der Waals surface area contributed by atoms with E-state index in [1.807, 2.05) is 0 Å². The third-order valence-electron chi connectivity index (χ3n) is 4.13. The number of rotatable bonds is 8. The van der Waals surface area contributed by atoms with Gasteiger partial charge in [0.05, 0.1) is 17.0 Å². The SMILES string of the molecule is C=CCOc1cccc(/C=C2/SC(=O)N(CC(=O)Nc3ccc(OC)c(Cl)c3)C2=O)c1. The van der Waals surface area contributed by atoms with Gasteiger partial charge in [-0.15, -0.1) is 0 Å². The van der Waals surface area contributed by atoms with Gasteiger partial charge >= 0.3 is 0 Å². The fourth-order valence-electron chi connectivity index (χ4n) is 2.73. The predicted molar refractivity (Wildman–Crippen MR) is 121 cm³/mol. The quantitative estimate of drug-likeness (QED) is 0.460. The molecule has 3 amide bonds. The lowest BCUT2D eigenvalue weighted by atomic mass is 10.2. The summed E-state index contributed by atoms with van der Waals surface area (Å²) >= 11 is 6.83. The van der Waals surface area contributed by atoms with E-state index in [2.05, 4.69) is 11.9 Å². The molecule has 3 rings (SSSR count). The Kier molecular flexibility index (Phi) is 7.38. The molecule has 0 bridgehead atoms. The van der Waals surface area contributed by atoms with Crippen LogP contribution in [0.3, 0.4) is 0 Å². The zero-order valence-electron chi connectivity index (χ0n) is 16.6. The van der Waals surface area contributed by atoms with Gasteiger partial charge in [0.2, 0.25) is 5.91 Å². The normalized spacial score (nSPS) is 14.6. The molecule has 0 aliphatic carbocycles. The van der Waals surface area contributed by atoms with Crippen LogP contribution in [0.5, 0.6) is 11.5 Å². The fourth-order valence-corrected chi connectivity index (χ4v) is 3.82. The molecule has 2 aromatic rings. The molecule has 1 aliphatic heterocycles. The van der Waals surface area contributed by atoms with Crippen molar-refractivity contribution in [1.82, 2.24) is 4.90 Å². The van der Waals surface area contributed by atoms with Gasteiger partial charge in [-0.1, -0.05) is 36.4 Å². The first kappa shape index (κ1) is 22.5. The van der Waals surface area contributed by atoms with Crippen molar-refractivity contribution in [2.75, 3.05) is 25.6 Å². The monoisotopic (exact) mass is 458 g/mol. The van der Waals surface area contributed by atoms with Gasteiger partial charge in [0.25, 0.3) is 11.1 Å². The van der Waals surface area contributed by atoms with Crippen LogP contribution in [-0.2, 0) is 9.59 Å². The Balaban J connectivity index is 1.67. The fraction of sp³-hybridized carbons (Fsp3) is 0.136. The van der Waals surface area contributed by atoms with E-state index in [9.17, 15) is 14.4 Å². The highest BCUT2D eigenvalue weighted by atomic mass is 35.5. The number of nitrogens with zero attached hydrogens (tertiary/aromatic N) is 1. The lowest BCUT2D eigenvalue weighted by Gasteiger charge is -2.13. The molecule has 0 spiro atoms. The number of carbonyl (C=O) groups excluding carboxylic acids is 3. The molecular formula is C22H19ClN2O5S. The number of carbonyl (C=O) groups is 3. The van der Waals surface area contributed by atoms with Crippen molar-refractivity contribution in [3.05, 3.63) is 70.6 Å². The van der Waals surface area contributed by atoms with Crippen LogP contribution >= 0.6 is 23.4 Å². The maximum atomic E-state index is 12.7. The van der Waals surface area contributed by atoms with Crippen LogP contribution in [0.4, 0.5) is 10.5 Å². The lowest BCUT2D eigenvalue weighted by molar-refractivity contribution is -0.127. The molecule has 0 aromatic heterocycles. The van der Waals surface area contributed by atoms with Crippen molar-refractivity contribution in [2.24, 2.45) is 0 Å². The molecule has 9 heteroatoms. The largest absolute Gasteiger partial charge is 0.495 e. The number of halogens is 1. The van der Waals surface area contributed by atoms with Crippen molar-refractivity contribution in [3.8, 4) is 11.5 Å². The van der Waals surface area contributed by atoms with E-state index in [0.29, 0.717) is 34.4 Å². The van der Waals surface area contributed by atoms with Crippen LogP contribution in [0, 0.1) is 0 Å². The number of hydrogen-bond acceptors (Lipinski definition) is 6. The number of anilines is 1. The zero-order valence-corrected chi connectivity index (χ0v) is 18.2. The van der Waals surface area contributed by atoms with Crippen LogP contribution in [0.1, 0.15) is 5.56 Å². The van der Waals surface area contributed by atoms with Gasteiger partial charge in [-0.3, -0.25) is 19.3 Å². The summed E-state index contributed by atoms with van der Waals surface area (Å²) in [5.41, 5.74) is 1.12. The van der Waals surface area contributed by atoms with Gasteiger partial charge in [-0.05, 0) is 53.7 Å². The average molecular weight is 459 g/mol. The highest BCUT2D eigenvalue weighted by Gasteiger charge is 2.36. The Morgan fingerprint density at radius 1 is 1.26 bits per heavy atom. The lowest BCUT2D eigenvalue weighted by Crippen LogP contribution is -2.36. The van der Waals surface area contributed by atoms with Gasteiger partial charge in [0, 0.05) is 5.69 Å². The van der Waals surface area contributed by atoms with E-state index >= 15 is 0 Å². The first-order valence-corrected chi connectivity index (χ1v) is 10.3. The molecule has 1 fully saturated rings. The number of ether oxygens (including phenoxy) is 2. The van der Waals surface area contributed by atoms with Crippen LogP contribution in [0.25, 0.3) is 6.08 Å². The van der Waals surface area contributed by atoms with Crippen molar-refractivity contribution < 1.29 is 23.9 Å². The Hall–Kier alpha value is -3.23. The van der Waals surface area contributed by atoms with Crippen LogP contribution < -0.4 is 14.8 Å². The summed E-state index contributed by atoms with van der Waals surface area (Å²) in [5, 5.41) is 2.43. The molecule has 31 heavy (non-hydrogen) atoms. The smallest absolute Gasteiger partial charge is 0.294 e. The molecule has 0 radical (unpaired) electrons. The van der Waals surface area contributed by atoms with Crippen molar-refractivity contribution in [1.29, 1.82) is 0 Å². The van der Waals surface area contributed by atoms with Crippen LogP contribution in [-0.4, -0.2) is 42.2 Å². The molecule has 0 saturated carbocycles. The summed E-state index contributed by atoms with van der Waals surface area (Å²) in [7, 11) is 1.48. The number of amides is 3. The Labute approximate surface area is 188 Å². The number of methoxy groups -OCH3 is 1. The summed E-state index contributed by atoms with van der Waals surface area (Å²) < 4.78 is 10.5. The molecule has 1 heterocycles. The molecule has 1 N–H and O–H groups in total. The Bertz CT molecular complexity index is 1070. The van der Waals surface area contributed by atoms with Crippen molar-refractivity contribution in [3.63, 3.8) is 0 Å². The maximum absolute atomic E-state index is 12.7. The van der Waals surface area contributed by atoms with Gasteiger partial charge in [-0.2, -0.15) is 0 Å². The van der Waals surface area contributed by atoms with Gasteiger partial charge < -0.3 is 14.8 Å². The molecule has 0 atom stereocenters. The van der Waals surface area contributed by atoms with Crippen LogP contribution in [0.15, 0.2) is 60.0 Å².